The second-order valence-corrected chi connectivity index (χ2v) is 7.99. The van der Waals surface area contributed by atoms with E-state index in [-0.39, 0.29) is 5.41 Å². The first-order valence-corrected chi connectivity index (χ1v) is 8.48. The second-order valence-electron chi connectivity index (χ2n) is 7.99. The number of rotatable bonds is 5. The van der Waals surface area contributed by atoms with E-state index in [0.717, 1.165) is 13.0 Å². The summed E-state index contributed by atoms with van der Waals surface area (Å²) in [6.45, 7) is 14.7. The third-order valence-corrected chi connectivity index (χ3v) is 5.31. The van der Waals surface area contributed by atoms with E-state index in [9.17, 15) is 0 Å². The molecule has 4 unspecified atom stereocenters. The molecule has 118 valence electrons. The molecule has 0 aromatic rings. The molecule has 1 saturated heterocycles. The summed E-state index contributed by atoms with van der Waals surface area (Å²) < 4.78 is 6.07. The van der Waals surface area contributed by atoms with E-state index in [1.54, 1.807) is 0 Å². The number of nitrogens with one attached hydrogen (secondary N) is 1. The van der Waals surface area contributed by atoms with Gasteiger partial charge in [0.15, 0.2) is 0 Å². The topological polar surface area (TPSA) is 24.5 Å². The van der Waals surface area contributed by atoms with Crippen LogP contribution in [0.3, 0.4) is 0 Å². The van der Waals surface area contributed by atoms with Crippen LogP contribution in [0, 0.1) is 11.3 Å². The van der Waals surface area contributed by atoms with Crippen LogP contribution in [-0.4, -0.2) is 35.8 Å². The summed E-state index contributed by atoms with van der Waals surface area (Å²) in [4.78, 5) is 0. The van der Waals surface area contributed by atoms with E-state index in [0.29, 0.717) is 30.1 Å². The second kappa shape index (κ2) is 6.33. The quantitative estimate of drug-likeness (QED) is 0.834. The molecular weight excluding hydrogens is 248 g/mol. The molecule has 20 heavy (non-hydrogen) atoms. The number of piperidine rings is 1. The molecule has 2 aliphatic rings. The Labute approximate surface area is 125 Å². The van der Waals surface area contributed by atoms with E-state index in [1.165, 1.54) is 19.3 Å². The molecule has 3 nitrogen and oxygen atoms in total. The standard InChI is InChI=1S/C17H34N2O/c1-12(2)11-20-16-10-15(17(16,5)6)18-19-13(3)8-7-9-14(19)4/h12-16,18H,7-11H2,1-6H3. The van der Waals surface area contributed by atoms with Crippen LogP contribution < -0.4 is 5.43 Å². The maximum absolute atomic E-state index is 6.07. The van der Waals surface area contributed by atoms with Gasteiger partial charge in [-0.25, -0.2) is 5.01 Å². The molecule has 1 heterocycles. The van der Waals surface area contributed by atoms with Gasteiger partial charge in [0.1, 0.15) is 0 Å². The summed E-state index contributed by atoms with van der Waals surface area (Å²) in [5.74, 6) is 0.625. The van der Waals surface area contributed by atoms with Crippen LogP contribution in [0.5, 0.6) is 0 Å². The van der Waals surface area contributed by atoms with Crippen LogP contribution in [-0.2, 0) is 4.74 Å². The molecule has 0 bridgehead atoms. The number of ether oxygens (including phenoxy) is 1. The van der Waals surface area contributed by atoms with Crippen molar-refractivity contribution in [2.24, 2.45) is 11.3 Å². The molecule has 0 radical (unpaired) electrons. The van der Waals surface area contributed by atoms with Crippen molar-refractivity contribution in [3.05, 3.63) is 0 Å². The van der Waals surface area contributed by atoms with Crippen molar-refractivity contribution >= 4 is 0 Å². The fraction of sp³-hybridized carbons (Fsp3) is 1.00. The predicted molar refractivity (Wildman–Crippen MR) is 84.5 cm³/mol. The van der Waals surface area contributed by atoms with Gasteiger partial charge in [0, 0.05) is 30.1 Å². The monoisotopic (exact) mass is 282 g/mol. The summed E-state index contributed by atoms with van der Waals surface area (Å²) in [5.41, 5.74) is 4.06. The zero-order valence-corrected chi connectivity index (χ0v) is 14.3. The largest absolute Gasteiger partial charge is 0.377 e. The van der Waals surface area contributed by atoms with Crippen molar-refractivity contribution in [3.63, 3.8) is 0 Å². The van der Waals surface area contributed by atoms with Gasteiger partial charge in [-0.3, -0.25) is 5.43 Å². The molecule has 0 amide bonds. The van der Waals surface area contributed by atoms with Gasteiger partial charge in [0.05, 0.1) is 6.10 Å². The highest BCUT2D eigenvalue weighted by Gasteiger charge is 2.50. The fourth-order valence-electron chi connectivity index (χ4n) is 3.55. The highest BCUT2D eigenvalue weighted by Crippen LogP contribution is 2.43. The molecular formula is C17H34N2O. The summed E-state index contributed by atoms with van der Waals surface area (Å²) in [5, 5.41) is 2.51. The number of nitrogens with zero attached hydrogens (tertiary/aromatic N) is 1. The maximum Gasteiger partial charge on any atom is 0.0657 e. The number of hydrogen-bond acceptors (Lipinski definition) is 3. The van der Waals surface area contributed by atoms with Crippen LogP contribution in [0.2, 0.25) is 0 Å². The Hall–Kier alpha value is -0.120. The van der Waals surface area contributed by atoms with E-state index < -0.39 is 0 Å². The van der Waals surface area contributed by atoms with Gasteiger partial charge in [-0.2, -0.15) is 0 Å². The van der Waals surface area contributed by atoms with Crippen molar-refractivity contribution in [3.8, 4) is 0 Å². The minimum atomic E-state index is 0.242. The molecule has 0 aromatic heterocycles. The van der Waals surface area contributed by atoms with Gasteiger partial charge in [-0.15, -0.1) is 0 Å². The highest BCUT2D eigenvalue weighted by atomic mass is 16.5. The van der Waals surface area contributed by atoms with E-state index in [2.05, 4.69) is 52.0 Å². The predicted octanol–water partition coefficient (Wildman–Crippen LogP) is 3.59. The normalized spacial score (nSPS) is 38.0. The third-order valence-electron chi connectivity index (χ3n) is 5.31. The molecule has 1 aliphatic carbocycles. The molecule has 2 fully saturated rings. The Balaban J connectivity index is 1.85. The lowest BCUT2D eigenvalue weighted by atomic mass is 9.64. The lowest BCUT2D eigenvalue weighted by Crippen LogP contribution is -2.67. The lowest BCUT2D eigenvalue weighted by Gasteiger charge is -2.55. The van der Waals surface area contributed by atoms with E-state index in [1.807, 2.05) is 0 Å². The van der Waals surface area contributed by atoms with Gasteiger partial charge in [0.2, 0.25) is 0 Å². The van der Waals surface area contributed by atoms with Crippen LogP contribution in [0.4, 0.5) is 0 Å². The first kappa shape index (κ1) is 16.3. The zero-order chi connectivity index (χ0) is 14.9. The molecule has 3 heteroatoms. The maximum atomic E-state index is 6.07. The third kappa shape index (κ3) is 3.37. The van der Waals surface area contributed by atoms with Gasteiger partial charge >= 0.3 is 0 Å². The summed E-state index contributed by atoms with van der Waals surface area (Å²) in [7, 11) is 0. The van der Waals surface area contributed by atoms with Gasteiger partial charge in [-0.1, -0.05) is 34.1 Å². The molecule has 1 N–H and O–H groups in total. The number of hydrogen-bond donors (Lipinski definition) is 1. The van der Waals surface area contributed by atoms with Crippen molar-refractivity contribution < 1.29 is 4.74 Å². The molecule has 1 aliphatic heterocycles. The average Bonchev–Trinajstić information content (AvgIpc) is 2.35. The first-order valence-electron chi connectivity index (χ1n) is 8.48. The van der Waals surface area contributed by atoms with Crippen LogP contribution in [0.1, 0.15) is 67.2 Å². The molecule has 4 atom stereocenters. The minimum absolute atomic E-state index is 0.242. The van der Waals surface area contributed by atoms with Gasteiger partial charge in [0.25, 0.3) is 0 Å². The summed E-state index contributed by atoms with van der Waals surface area (Å²) in [6, 6.07) is 1.87. The van der Waals surface area contributed by atoms with Crippen molar-refractivity contribution in [1.82, 2.24) is 10.4 Å². The fourth-order valence-corrected chi connectivity index (χ4v) is 3.55. The van der Waals surface area contributed by atoms with Gasteiger partial charge in [-0.05, 0) is 39.0 Å². The molecule has 0 spiro atoms. The van der Waals surface area contributed by atoms with Gasteiger partial charge < -0.3 is 4.74 Å². The Morgan fingerprint density at radius 1 is 1.20 bits per heavy atom. The van der Waals surface area contributed by atoms with E-state index >= 15 is 0 Å². The molecule has 1 saturated carbocycles. The Morgan fingerprint density at radius 3 is 2.30 bits per heavy atom. The summed E-state index contributed by atoms with van der Waals surface area (Å²) in [6.07, 6.45) is 5.57. The Kier molecular flexibility index (Phi) is 5.14. The Bertz CT molecular complexity index is 306. The summed E-state index contributed by atoms with van der Waals surface area (Å²) >= 11 is 0. The smallest absolute Gasteiger partial charge is 0.0657 e. The zero-order valence-electron chi connectivity index (χ0n) is 14.3. The highest BCUT2D eigenvalue weighted by molar-refractivity contribution is 5.03. The molecule has 2 rings (SSSR count). The minimum Gasteiger partial charge on any atom is -0.377 e. The molecule has 0 aromatic carbocycles. The van der Waals surface area contributed by atoms with E-state index in [4.69, 9.17) is 4.74 Å². The Morgan fingerprint density at radius 2 is 1.80 bits per heavy atom. The van der Waals surface area contributed by atoms with Crippen molar-refractivity contribution in [2.45, 2.75) is 91.5 Å². The van der Waals surface area contributed by atoms with Crippen molar-refractivity contribution in [2.75, 3.05) is 6.61 Å². The van der Waals surface area contributed by atoms with Crippen molar-refractivity contribution in [1.29, 1.82) is 0 Å². The van der Waals surface area contributed by atoms with Crippen LogP contribution in [0.15, 0.2) is 0 Å². The van der Waals surface area contributed by atoms with Crippen LogP contribution in [0.25, 0.3) is 0 Å². The SMILES string of the molecule is CC(C)COC1CC(NN2C(C)CCCC2C)C1(C)C. The first-order chi connectivity index (χ1) is 9.32. The average molecular weight is 282 g/mol. The lowest BCUT2D eigenvalue weighted by molar-refractivity contribution is -0.148. The number of hydrazine groups is 1. The van der Waals surface area contributed by atoms with Crippen LogP contribution >= 0.6 is 0 Å².